The van der Waals surface area contributed by atoms with Crippen molar-refractivity contribution in [2.24, 2.45) is 0 Å². The molecule has 2 rings (SSSR count). The fourth-order valence-electron chi connectivity index (χ4n) is 1.58. The standard InChI is InChI=1S/C13H12ClFN2O2/c1-2-9(18)7-12-16-11(17-19-12)6-8-4-3-5-10(14)13(8)15/h3-5H,2,6-7H2,1H3. The predicted molar refractivity (Wildman–Crippen MR) is 67.5 cm³/mol. The van der Waals surface area contributed by atoms with Crippen LogP contribution in [0.1, 0.15) is 30.6 Å². The van der Waals surface area contributed by atoms with E-state index in [0.717, 1.165) is 0 Å². The first kappa shape index (κ1) is 13.7. The number of carbonyl (C=O) groups excluding carboxylic acids is 1. The van der Waals surface area contributed by atoms with Crippen molar-refractivity contribution < 1.29 is 13.7 Å². The smallest absolute Gasteiger partial charge is 0.234 e. The highest BCUT2D eigenvalue weighted by Gasteiger charge is 2.13. The minimum atomic E-state index is -0.486. The molecule has 0 aliphatic rings. The molecule has 0 atom stereocenters. The van der Waals surface area contributed by atoms with E-state index in [1.165, 1.54) is 6.07 Å². The Hall–Kier alpha value is -1.75. The van der Waals surface area contributed by atoms with Gasteiger partial charge in [-0.1, -0.05) is 35.8 Å². The van der Waals surface area contributed by atoms with Crippen LogP contribution in [0.3, 0.4) is 0 Å². The second-order valence-electron chi connectivity index (χ2n) is 4.06. The second-order valence-corrected chi connectivity index (χ2v) is 4.47. The second kappa shape index (κ2) is 5.93. The SMILES string of the molecule is CCC(=O)Cc1nc(Cc2cccc(Cl)c2F)no1. The molecule has 0 saturated heterocycles. The zero-order chi connectivity index (χ0) is 13.8. The molecule has 0 spiro atoms. The summed E-state index contributed by atoms with van der Waals surface area (Å²) in [5, 5.41) is 3.78. The molecule has 19 heavy (non-hydrogen) atoms. The molecule has 0 fully saturated rings. The molecule has 0 radical (unpaired) electrons. The molecule has 0 saturated carbocycles. The van der Waals surface area contributed by atoms with Gasteiger partial charge in [-0.3, -0.25) is 4.79 Å². The van der Waals surface area contributed by atoms with Gasteiger partial charge in [-0.05, 0) is 11.6 Å². The van der Waals surface area contributed by atoms with Crippen LogP contribution in [0.4, 0.5) is 4.39 Å². The van der Waals surface area contributed by atoms with Gasteiger partial charge in [-0.2, -0.15) is 4.98 Å². The highest BCUT2D eigenvalue weighted by Crippen LogP contribution is 2.19. The number of Topliss-reactive ketones (excluding diaryl/α,β-unsaturated/α-hetero) is 1. The third kappa shape index (κ3) is 3.38. The van der Waals surface area contributed by atoms with Crippen molar-refractivity contribution in [3.05, 3.63) is 46.3 Å². The first-order chi connectivity index (χ1) is 9.10. The molecule has 0 N–H and O–H groups in total. The predicted octanol–water partition coefficient (Wildman–Crippen LogP) is 2.97. The molecule has 0 aliphatic heterocycles. The summed E-state index contributed by atoms with van der Waals surface area (Å²) in [6.07, 6.45) is 0.707. The number of rotatable bonds is 5. The van der Waals surface area contributed by atoms with Crippen LogP contribution in [0, 0.1) is 5.82 Å². The lowest BCUT2D eigenvalue weighted by molar-refractivity contribution is -0.118. The van der Waals surface area contributed by atoms with Crippen LogP contribution < -0.4 is 0 Å². The van der Waals surface area contributed by atoms with Crippen LogP contribution in [0.5, 0.6) is 0 Å². The fraction of sp³-hybridized carbons (Fsp3) is 0.308. The highest BCUT2D eigenvalue weighted by molar-refractivity contribution is 6.30. The third-order valence-electron chi connectivity index (χ3n) is 2.63. The van der Waals surface area contributed by atoms with E-state index in [1.54, 1.807) is 19.1 Å². The molecule has 6 heteroatoms. The topological polar surface area (TPSA) is 56.0 Å². The van der Waals surface area contributed by atoms with Crippen molar-refractivity contribution in [2.45, 2.75) is 26.2 Å². The molecule has 0 unspecified atom stereocenters. The zero-order valence-electron chi connectivity index (χ0n) is 10.3. The third-order valence-corrected chi connectivity index (χ3v) is 2.92. The Labute approximate surface area is 114 Å². The summed E-state index contributed by atoms with van der Waals surface area (Å²) in [4.78, 5) is 15.3. The van der Waals surface area contributed by atoms with Crippen molar-refractivity contribution in [3.8, 4) is 0 Å². The molecule has 1 heterocycles. The molecule has 100 valence electrons. The number of carbonyl (C=O) groups is 1. The number of nitrogens with zero attached hydrogens (tertiary/aromatic N) is 2. The van der Waals surface area contributed by atoms with E-state index in [1.807, 2.05) is 0 Å². The Morgan fingerprint density at radius 2 is 2.26 bits per heavy atom. The van der Waals surface area contributed by atoms with Gasteiger partial charge in [-0.25, -0.2) is 4.39 Å². The summed E-state index contributed by atoms with van der Waals surface area (Å²) >= 11 is 5.69. The molecule has 2 aromatic rings. The van der Waals surface area contributed by atoms with E-state index in [-0.39, 0.29) is 29.5 Å². The van der Waals surface area contributed by atoms with Gasteiger partial charge in [-0.15, -0.1) is 0 Å². The molecule has 0 bridgehead atoms. The maximum Gasteiger partial charge on any atom is 0.234 e. The van der Waals surface area contributed by atoms with Crippen LogP contribution in [-0.4, -0.2) is 15.9 Å². The molecule has 1 aromatic heterocycles. The first-order valence-electron chi connectivity index (χ1n) is 5.86. The van der Waals surface area contributed by atoms with Crippen LogP contribution in [0.2, 0.25) is 5.02 Å². The number of ketones is 1. The quantitative estimate of drug-likeness (QED) is 0.846. The van der Waals surface area contributed by atoms with Gasteiger partial charge in [0.15, 0.2) is 5.82 Å². The van der Waals surface area contributed by atoms with Crippen LogP contribution >= 0.6 is 11.6 Å². The van der Waals surface area contributed by atoms with Crippen LogP contribution in [0.15, 0.2) is 22.7 Å². The number of hydrogen-bond acceptors (Lipinski definition) is 4. The van der Waals surface area contributed by atoms with Crippen molar-refractivity contribution in [2.75, 3.05) is 0 Å². The van der Waals surface area contributed by atoms with Crippen molar-refractivity contribution in [3.63, 3.8) is 0 Å². The van der Waals surface area contributed by atoms with Gasteiger partial charge in [0.25, 0.3) is 0 Å². The largest absolute Gasteiger partial charge is 0.339 e. The zero-order valence-corrected chi connectivity index (χ0v) is 11.1. The summed E-state index contributed by atoms with van der Waals surface area (Å²) in [6, 6.07) is 4.73. The van der Waals surface area contributed by atoms with Crippen molar-refractivity contribution in [1.29, 1.82) is 0 Å². The minimum absolute atomic E-state index is 0.0177. The molecular weight excluding hydrogens is 271 g/mol. The Morgan fingerprint density at radius 1 is 1.47 bits per heavy atom. The van der Waals surface area contributed by atoms with E-state index in [0.29, 0.717) is 17.8 Å². The molecule has 4 nitrogen and oxygen atoms in total. The number of halogens is 2. The Kier molecular flexibility index (Phi) is 4.27. The summed E-state index contributed by atoms with van der Waals surface area (Å²) in [6.45, 7) is 1.76. The summed E-state index contributed by atoms with van der Waals surface area (Å²) < 4.78 is 18.6. The maximum atomic E-state index is 13.7. The monoisotopic (exact) mass is 282 g/mol. The maximum absolute atomic E-state index is 13.7. The van der Waals surface area contributed by atoms with Gasteiger partial charge in [0.1, 0.15) is 11.6 Å². The Bertz CT molecular complexity index is 598. The van der Waals surface area contributed by atoms with Crippen molar-refractivity contribution in [1.82, 2.24) is 10.1 Å². The normalized spacial score (nSPS) is 10.7. The molecular formula is C13H12ClFN2O2. The fourth-order valence-corrected chi connectivity index (χ4v) is 1.78. The molecule has 1 aromatic carbocycles. The lowest BCUT2D eigenvalue weighted by atomic mass is 10.1. The van der Waals surface area contributed by atoms with Gasteiger partial charge in [0, 0.05) is 12.8 Å². The number of benzene rings is 1. The van der Waals surface area contributed by atoms with E-state index in [9.17, 15) is 9.18 Å². The molecule has 0 aliphatic carbocycles. The minimum Gasteiger partial charge on any atom is -0.339 e. The molecule has 0 amide bonds. The summed E-state index contributed by atoms with van der Waals surface area (Å²) in [7, 11) is 0. The van der Waals surface area contributed by atoms with E-state index >= 15 is 0 Å². The van der Waals surface area contributed by atoms with Crippen LogP contribution in [-0.2, 0) is 17.6 Å². The van der Waals surface area contributed by atoms with Gasteiger partial charge >= 0.3 is 0 Å². The number of hydrogen-bond donors (Lipinski definition) is 0. The Balaban J connectivity index is 2.11. The summed E-state index contributed by atoms with van der Waals surface area (Å²) in [5.74, 6) is 0.119. The summed E-state index contributed by atoms with van der Waals surface area (Å²) in [5.41, 5.74) is 0.390. The van der Waals surface area contributed by atoms with E-state index in [2.05, 4.69) is 10.1 Å². The Morgan fingerprint density at radius 3 is 3.00 bits per heavy atom. The lowest BCUT2D eigenvalue weighted by Gasteiger charge is -2.00. The lowest BCUT2D eigenvalue weighted by Crippen LogP contribution is -2.01. The average Bonchev–Trinajstić information content (AvgIpc) is 2.82. The van der Waals surface area contributed by atoms with Crippen LogP contribution in [0.25, 0.3) is 0 Å². The average molecular weight is 283 g/mol. The van der Waals surface area contributed by atoms with Gasteiger partial charge < -0.3 is 4.52 Å². The van der Waals surface area contributed by atoms with E-state index in [4.69, 9.17) is 16.1 Å². The number of aromatic nitrogens is 2. The first-order valence-corrected chi connectivity index (χ1v) is 6.24. The van der Waals surface area contributed by atoms with E-state index < -0.39 is 5.82 Å². The van der Waals surface area contributed by atoms with Crippen molar-refractivity contribution >= 4 is 17.4 Å². The highest BCUT2D eigenvalue weighted by atomic mass is 35.5. The van der Waals surface area contributed by atoms with Gasteiger partial charge in [0.2, 0.25) is 5.89 Å². The van der Waals surface area contributed by atoms with Gasteiger partial charge in [0.05, 0.1) is 11.4 Å².